The second-order valence-electron chi connectivity index (χ2n) is 6.54. The molecular weight excluding hydrogens is 392 g/mol. The first-order chi connectivity index (χ1) is 14.0. The lowest BCUT2D eigenvalue weighted by Crippen LogP contribution is -2.41. The molecule has 3 aromatic rings. The van der Waals surface area contributed by atoms with Gasteiger partial charge in [0, 0.05) is 47.7 Å². The third-order valence-corrected chi connectivity index (χ3v) is 4.68. The fourth-order valence-corrected chi connectivity index (χ4v) is 3.06. The van der Waals surface area contributed by atoms with Gasteiger partial charge in [0.05, 0.1) is 5.56 Å². The van der Waals surface area contributed by atoms with Crippen LogP contribution in [0.5, 0.6) is 0 Å². The Morgan fingerprint density at radius 3 is 2.45 bits per heavy atom. The molecule has 1 aromatic heterocycles. The van der Waals surface area contributed by atoms with E-state index >= 15 is 0 Å². The molecule has 29 heavy (non-hydrogen) atoms. The van der Waals surface area contributed by atoms with Gasteiger partial charge in [-0.15, -0.1) is 0 Å². The fraction of sp³-hybridized carbons (Fsp3) is 0.190. The van der Waals surface area contributed by atoms with Crippen molar-refractivity contribution in [3.8, 4) is 0 Å². The van der Waals surface area contributed by atoms with E-state index in [1.165, 1.54) is 0 Å². The number of fused-ring (bicyclic) bond motifs is 1. The highest BCUT2D eigenvalue weighted by atomic mass is 35.5. The van der Waals surface area contributed by atoms with Gasteiger partial charge in [-0.2, -0.15) is 0 Å². The van der Waals surface area contributed by atoms with Crippen LogP contribution in [-0.2, 0) is 11.8 Å². The standard InChI is InChI=1S/C21H21ClN4O3/c1-26-13-17(16-5-2-3-6-18(16)26)21(29)25-24-19(27)7-4-12-23-20(28)14-8-10-15(22)11-9-14/h2-3,5-6,8-11,13H,4,7,12H2,1H3,(H,23,28)(H,24,27)(H,25,29). The van der Waals surface area contributed by atoms with Crippen molar-refractivity contribution in [3.63, 3.8) is 0 Å². The quantitative estimate of drug-likeness (QED) is 0.429. The van der Waals surface area contributed by atoms with Crippen molar-refractivity contribution >= 4 is 40.2 Å². The second kappa shape index (κ2) is 9.25. The maximum absolute atomic E-state index is 12.4. The van der Waals surface area contributed by atoms with E-state index < -0.39 is 0 Å². The van der Waals surface area contributed by atoms with Gasteiger partial charge in [-0.1, -0.05) is 29.8 Å². The van der Waals surface area contributed by atoms with Crippen LogP contribution in [0.3, 0.4) is 0 Å². The average molecular weight is 413 g/mol. The Balaban J connectivity index is 1.41. The van der Waals surface area contributed by atoms with E-state index in [9.17, 15) is 14.4 Å². The summed E-state index contributed by atoms with van der Waals surface area (Å²) >= 11 is 5.79. The molecule has 3 rings (SSSR count). The van der Waals surface area contributed by atoms with Gasteiger partial charge in [0.2, 0.25) is 5.91 Å². The molecule has 2 aromatic carbocycles. The van der Waals surface area contributed by atoms with Gasteiger partial charge < -0.3 is 9.88 Å². The van der Waals surface area contributed by atoms with E-state index in [1.54, 1.807) is 30.5 Å². The lowest BCUT2D eigenvalue weighted by atomic mass is 10.2. The maximum atomic E-state index is 12.4. The van der Waals surface area contributed by atoms with Crippen molar-refractivity contribution < 1.29 is 14.4 Å². The Bertz CT molecular complexity index is 1040. The van der Waals surface area contributed by atoms with E-state index in [2.05, 4.69) is 16.2 Å². The molecule has 3 amide bonds. The van der Waals surface area contributed by atoms with E-state index in [0.29, 0.717) is 29.1 Å². The molecule has 8 heteroatoms. The first kappa shape index (κ1) is 20.4. The van der Waals surface area contributed by atoms with Crippen LogP contribution < -0.4 is 16.2 Å². The first-order valence-corrected chi connectivity index (χ1v) is 9.50. The number of hydrogen-bond acceptors (Lipinski definition) is 3. The van der Waals surface area contributed by atoms with Gasteiger partial charge in [-0.3, -0.25) is 25.2 Å². The number of halogens is 1. The third kappa shape index (κ3) is 5.14. The summed E-state index contributed by atoms with van der Waals surface area (Å²) in [6.07, 6.45) is 2.32. The van der Waals surface area contributed by atoms with E-state index in [-0.39, 0.29) is 24.1 Å². The highest BCUT2D eigenvalue weighted by molar-refractivity contribution is 6.30. The number of nitrogens with one attached hydrogen (secondary N) is 3. The topological polar surface area (TPSA) is 92.2 Å². The maximum Gasteiger partial charge on any atom is 0.271 e. The summed E-state index contributed by atoms with van der Waals surface area (Å²) in [5.74, 6) is -0.947. The van der Waals surface area contributed by atoms with Gasteiger partial charge >= 0.3 is 0 Å². The molecule has 0 aliphatic carbocycles. The molecule has 0 aliphatic rings. The van der Waals surface area contributed by atoms with Gasteiger partial charge in [0.25, 0.3) is 11.8 Å². The van der Waals surface area contributed by atoms with Gasteiger partial charge in [-0.05, 0) is 36.8 Å². The van der Waals surface area contributed by atoms with Crippen molar-refractivity contribution in [2.45, 2.75) is 12.8 Å². The number of amides is 3. The molecule has 0 saturated carbocycles. The molecule has 0 aliphatic heterocycles. The summed E-state index contributed by atoms with van der Waals surface area (Å²) < 4.78 is 1.86. The zero-order valence-corrected chi connectivity index (χ0v) is 16.6. The normalized spacial score (nSPS) is 10.6. The highest BCUT2D eigenvalue weighted by Crippen LogP contribution is 2.19. The monoisotopic (exact) mass is 412 g/mol. The first-order valence-electron chi connectivity index (χ1n) is 9.12. The van der Waals surface area contributed by atoms with Crippen molar-refractivity contribution in [1.82, 2.24) is 20.7 Å². The molecule has 3 N–H and O–H groups in total. The molecule has 0 bridgehead atoms. The summed E-state index contributed by atoms with van der Waals surface area (Å²) in [7, 11) is 1.86. The van der Waals surface area contributed by atoms with Crippen molar-refractivity contribution in [2.24, 2.45) is 7.05 Å². The molecular formula is C21H21ClN4O3. The number of para-hydroxylation sites is 1. The van der Waals surface area contributed by atoms with E-state index in [4.69, 9.17) is 11.6 Å². The Hall–Kier alpha value is -3.32. The number of aryl methyl sites for hydroxylation is 1. The highest BCUT2D eigenvalue weighted by Gasteiger charge is 2.14. The summed E-state index contributed by atoms with van der Waals surface area (Å²) in [6.45, 7) is 0.339. The predicted octanol–water partition coefficient (Wildman–Crippen LogP) is 2.80. The number of hydrogen-bond donors (Lipinski definition) is 3. The van der Waals surface area contributed by atoms with Gasteiger partial charge in [0.1, 0.15) is 0 Å². The zero-order chi connectivity index (χ0) is 20.8. The lowest BCUT2D eigenvalue weighted by molar-refractivity contribution is -0.121. The largest absolute Gasteiger partial charge is 0.352 e. The van der Waals surface area contributed by atoms with Crippen LogP contribution >= 0.6 is 11.6 Å². The van der Waals surface area contributed by atoms with Crippen LogP contribution in [-0.4, -0.2) is 28.8 Å². The lowest BCUT2D eigenvalue weighted by Gasteiger charge is -2.08. The SMILES string of the molecule is Cn1cc(C(=O)NNC(=O)CCCNC(=O)c2ccc(Cl)cc2)c2ccccc21. The van der Waals surface area contributed by atoms with E-state index in [1.807, 2.05) is 35.9 Å². The minimum absolute atomic E-state index is 0.163. The Morgan fingerprint density at radius 2 is 1.69 bits per heavy atom. The van der Waals surface area contributed by atoms with Gasteiger partial charge in [-0.25, -0.2) is 0 Å². The Kier molecular flexibility index (Phi) is 6.51. The second-order valence-corrected chi connectivity index (χ2v) is 6.98. The number of hydrazine groups is 1. The van der Waals surface area contributed by atoms with Crippen LogP contribution in [0.4, 0.5) is 0 Å². The third-order valence-electron chi connectivity index (χ3n) is 4.43. The summed E-state index contributed by atoms with van der Waals surface area (Å²) in [4.78, 5) is 36.3. The number of nitrogens with zero attached hydrogens (tertiary/aromatic N) is 1. The number of aromatic nitrogens is 1. The molecule has 0 spiro atoms. The molecule has 1 heterocycles. The predicted molar refractivity (Wildman–Crippen MR) is 112 cm³/mol. The van der Waals surface area contributed by atoms with Gasteiger partial charge in [0.15, 0.2) is 0 Å². The van der Waals surface area contributed by atoms with Crippen LogP contribution in [0, 0.1) is 0 Å². The summed E-state index contributed by atoms with van der Waals surface area (Å²) in [6, 6.07) is 14.1. The summed E-state index contributed by atoms with van der Waals surface area (Å²) in [5, 5.41) is 4.11. The number of rotatable bonds is 6. The molecule has 0 unspecified atom stereocenters. The van der Waals surface area contributed by atoms with Crippen molar-refractivity contribution in [1.29, 1.82) is 0 Å². The number of benzene rings is 2. The molecule has 0 saturated heterocycles. The molecule has 7 nitrogen and oxygen atoms in total. The molecule has 150 valence electrons. The van der Waals surface area contributed by atoms with E-state index in [0.717, 1.165) is 10.9 Å². The summed E-state index contributed by atoms with van der Waals surface area (Å²) in [5.41, 5.74) is 6.76. The van der Waals surface area contributed by atoms with Crippen LogP contribution in [0.1, 0.15) is 33.6 Å². The minimum Gasteiger partial charge on any atom is -0.352 e. The fourth-order valence-electron chi connectivity index (χ4n) is 2.93. The minimum atomic E-state index is -0.383. The van der Waals surface area contributed by atoms with Crippen LogP contribution in [0.2, 0.25) is 5.02 Å². The molecule has 0 fully saturated rings. The smallest absolute Gasteiger partial charge is 0.271 e. The van der Waals surface area contributed by atoms with Crippen molar-refractivity contribution in [3.05, 3.63) is 70.9 Å². The number of carbonyl (C=O) groups is 3. The molecule has 0 atom stereocenters. The van der Waals surface area contributed by atoms with Crippen LogP contribution in [0.15, 0.2) is 54.7 Å². The Morgan fingerprint density at radius 1 is 0.966 bits per heavy atom. The molecule has 0 radical (unpaired) electrons. The zero-order valence-electron chi connectivity index (χ0n) is 15.9. The number of carbonyl (C=O) groups excluding carboxylic acids is 3. The average Bonchev–Trinajstić information content (AvgIpc) is 3.07. The Labute approximate surface area is 173 Å². The van der Waals surface area contributed by atoms with Crippen molar-refractivity contribution in [2.75, 3.05) is 6.54 Å². The van der Waals surface area contributed by atoms with Crippen LogP contribution in [0.25, 0.3) is 10.9 Å².